The number of amides is 1. The summed E-state index contributed by atoms with van der Waals surface area (Å²) < 4.78 is 25.9. The summed E-state index contributed by atoms with van der Waals surface area (Å²) in [6.07, 6.45) is 0. The van der Waals surface area contributed by atoms with Crippen LogP contribution in [0.2, 0.25) is 5.02 Å². The van der Waals surface area contributed by atoms with E-state index in [2.05, 4.69) is 5.32 Å². The Morgan fingerprint density at radius 1 is 1.22 bits per heavy atom. The summed E-state index contributed by atoms with van der Waals surface area (Å²) in [6, 6.07) is 6.95. The second-order valence-corrected chi connectivity index (χ2v) is 5.79. The Balaban J connectivity index is 2.00. The summed E-state index contributed by atoms with van der Waals surface area (Å²) in [5, 5.41) is 13.3. The van der Waals surface area contributed by atoms with Crippen LogP contribution in [0.5, 0.6) is 0 Å². The molecule has 0 saturated heterocycles. The third-order valence-corrected chi connectivity index (χ3v) is 4.02. The van der Waals surface area contributed by atoms with Gasteiger partial charge in [-0.05, 0) is 24.3 Å². The maximum Gasteiger partial charge on any atom is 0.271 e. The van der Waals surface area contributed by atoms with Crippen molar-refractivity contribution < 1.29 is 18.5 Å². The third-order valence-electron chi connectivity index (χ3n) is 2.70. The molecule has 5 nitrogen and oxygen atoms in total. The molecule has 0 bridgehead atoms. The van der Waals surface area contributed by atoms with Crippen molar-refractivity contribution in [3.63, 3.8) is 0 Å². The quantitative estimate of drug-likeness (QED) is 0.492. The van der Waals surface area contributed by atoms with Gasteiger partial charge in [-0.2, -0.15) is 0 Å². The predicted octanol–water partition coefficient (Wildman–Crippen LogP) is 4.26. The molecule has 120 valence electrons. The first-order chi connectivity index (χ1) is 10.9. The number of rotatable bonds is 5. The molecule has 0 aliphatic rings. The van der Waals surface area contributed by atoms with Gasteiger partial charge in [0.1, 0.15) is 0 Å². The molecule has 2 aromatic carbocycles. The van der Waals surface area contributed by atoms with E-state index >= 15 is 0 Å². The topological polar surface area (TPSA) is 72.2 Å². The van der Waals surface area contributed by atoms with Gasteiger partial charge < -0.3 is 5.32 Å². The number of nitrogens with one attached hydrogen (secondary N) is 1. The number of non-ortho nitro benzene ring substituents is 1. The van der Waals surface area contributed by atoms with Crippen molar-refractivity contribution in [1.29, 1.82) is 0 Å². The van der Waals surface area contributed by atoms with Crippen LogP contribution in [0.3, 0.4) is 0 Å². The van der Waals surface area contributed by atoms with Gasteiger partial charge in [-0.1, -0.05) is 11.6 Å². The number of hydrogen-bond donors (Lipinski definition) is 1. The summed E-state index contributed by atoms with van der Waals surface area (Å²) in [5.41, 5.74) is -0.102. The largest absolute Gasteiger partial charge is 0.324 e. The summed E-state index contributed by atoms with van der Waals surface area (Å²) >= 11 is 6.86. The SMILES string of the molecule is O=C(CSc1ccc(F)c(F)c1)Nc1cc([N+](=O)[O-])ccc1Cl. The van der Waals surface area contributed by atoms with Crippen molar-refractivity contribution in [3.05, 3.63) is 63.2 Å². The molecular weight excluding hydrogens is 350 g/mol. The fourth-order valence-corrected chi connectivity index (χ4v) is 2.51. The zero-order chi connectivity index (χ0) is 17.0. The Hall–Kier alpha value is -2.19. The Kier molecular flexibility index (Phi) is 5.51. The smallest absolute Gasteiger partial charge is 0.271 e. The van der Waals surface area contributed by atoms with Gasteiger partial charge in [0.15, 0.2) is 11.6 Å². The van der Waals surface area contributed by atoms with Gasteiger partial charge in [0.2, 0.25) is 5.91 Å². The Morgan fingerprint density at radius 2 is 1.96 bits per heavy atom. The molecule has 0 aliphatic carbocycles. The molecular formula is C14H9ClF2N2O3S. The van der Waals surface area contributed by atoms with Crippen molar-refractivity contribution in [2.45, 2.75) is 4.90 Å². The molecule has 0 heterocycles. The monoisotopic (exact) mass is 358 g/mol. The number of carbonyl (C=O) groups is 1. The van der Waals surface area contributed by atoms with Gasteiger partial charge in [-0.25, -0.2) is 8.78 Å². The minimum Gasteiger partial charge on any atom is -0.324 e. The Bertz CT molecular complexity index is 774. The van der Waals surface area contributed by atoms with Crippen molar-refractivity contribution in [2.24, 2.45) is 0 Å². The molecule has 0 spiro atoms. The van der Waals surface area contributed by atoms with Crippen LogP contribution >= 0.6 is 23.4 Å². The lowest BCUT2D eigenvalue weighted by Gasteiger charge is -2.07. The number of halogens is 3. The highest BCUT2D eigenvalue weighted by molar-refractivity contribution is 8.00. The molecule has 0 atom stereocenters. The number of nitrogens with zero attached hydrogens (tertiary/aromatic N) is 1. The van der Waals surface area contributed by atoms with Crippen LogP contribution in [0.1, 0.15) is 0 Å². The second-order valence-electron chi connectivity index (χ2n) is 4.33. The van der Waals surface area contributed by atoms with E-state index in [9.17, 15) is 23.7 Å². The maximum absolute atomic E-state index is 13.1. The van der Waals surface area contributed by atoms with Gasteiger partial charge >= 0.3 is 0 Å². The van der Waals surface area contributed by atoms with Crippen LogP contribution < -0.4 is 5.32 Å². The maximum atomic E-state index is 13.1. The number of carbonyl (C=O) groups excluding carboxylic acids is 1. The lowest BCUT2D eigenvalue weighted by atomic mass is 10.3. The molecule has 1 N–H and O–H groups in total. The van der Waals surface area contributed by atoms with E-state index in [1.54, 1.807) is 0 Å². The van der Waals surface area contributed by atoms with E-state index in [-0.39, 0.29) is 22.2 Å². The number of thioether (sulfide) groups is 1. The number of anilines is 1. The Labute approximate surface area is 138 Å². The molecule has 0 radical (unpaired) electrons. The second kappa shape index (κ2) is 7.38. The minimum atomic E-state index is -1.00. The van der Waals surface area contributed by atoms with Crippen molar-refractivity contribution in [1.82, 2.24) is 0 Å². The fraction of sp³-hybridized carbons (Fsp3) is 0.0714. The van der Waals surface area contributed by atoms with E-state index in [0.717, 1.165) is 30.0 Å². The summed E-state index contributed by atoms with van der Waals surface area (Å²) in [5.74, 6) is -2.55. The standard InChI is InChI=1S/C14H9ClF2N2O3S/c15-10-3-1-8(19(21)22)5-13(10)18-14(20)7-23-9-2-4-11(16)12(17)6-9/h1-6H,7H2,(H,18,20). The van der Waals surface area contributed by atoms with E-state index < -0.39 is 22.5 Å². The first-order valence-corrected chi connectivity index (χ1v) is 7.55. The lowest BCUT2D eigenvalue weighted by Crippen LogP contribution is -2.14. The van der Waals surface area contributed by atoms with Gasteiger partial charge in [0, 0.05) is 17.0 Å². The first-order valence-electron chi connectivity index (χ1n) is 6.18. The minimum absolute atomic E-state index is 0.0932. The van der Waals surface area contributed by atoms with Crippen LogP contribution in [0.25, 0.3) is 0 Å². The zero-order valence-electron chi connectivity index (χ0n) is 11.4. The van der Waals surface area contributed by atoms with Gasteiger partial charge in [-0.15, -0.1) is 11.8 Å². The number of nitro benzene ring substituents is 1. The van der Waals surface area contributed by atoms with E-state index in [4.69, 9.17) is 11.6 Å². The molecule has 2 rings (SSSR count). The molecule has 0 unspecified atom stereocenters. The molecule has 0 aliphatic heterocycles. The zero-order valence-corrected chi connectivity index (χ0v) is 13.0. The van der Waals surface area contributed by atoms with E-state index in [1.165, 1.54) is 18.2 Å². The van der Waals surface area contributed by atoms with Gasteiger partial charge in [0.25, 0.3) is 5.69 Å². The highest BCUT2D eigenvalue weighted by atomic mass is 35.5. The van der Waals surface area contributed by atoms with Crippen molar-refractivity contribution in [2.75, 3.05) is 11.1 Å². The average Bonchev–Trinajstić information content (AvgIpc) is 2.50. The Morgan fingerprint density at radius 3 is 2.61 bits per heavy atom. The summed E-state index contributed by atoms with van der Waals surface area (Å²) in [4.78, 5) is 22.3. The number of hydrogen-bond acceptors (Lipinski definition) is 4. The summed E-state index contributed by atoms with van der Waals surface area (Å²) in [6.45, 7) is 0. The van der Waals surface area contributed by atoms with Gasteiger partial charge in [-0.3, -0.25) is 14.9 Å². The predicted molar refractivity (Wildman–Crippen MR) is 83.8 cm³/mol. The average molecular weight is 359 g/mol. The number of benzene rings is 2. The highest BCUT2D eigenvalue weighted by Gasteiger charge is 2.12. The number of nitro groups is 1. The summed E-state index contributed by atoms with van der Waals surface area (Å²) in [7, 11) is 0. The van der Waals surface area contributed by atoms with Crippen LogP contribution in [-0.2, 0) is 4.79 Å². The lowest BCUT2D eigenvalue weighted by molar-refractivity contribution is -0.384. The molecule has 1 amide bonds. The molecule has 0 aromatic heterocycles. The van der Waals surface area contributed by atoms with Crippen LogP contribution in [-0.4, -0.2) is 16.6 Å². The fourth-order valence-electron chi connectivity index (χ4n) is 1.62. The van der Waals surface area contributed by atoms with E-state index in [1.807, 2.05) is 0 Å². The third kappa shape index (κ3) is 4.64. The molecule has 23 heavy (non-hydrogen) atoms. The van der Waals surface area contributed by atoms with Crippen LogP contribution in [0, 0.1) is 21.7 Å². The van der Waals surface area contributed by atoms with Crippen molar-refractivity contribution in [3.8, 4) is 0 Å². The van der Waals surface area contributed by atoms with Crippen LogP contribution in [0.4, 0.5) is 20.2 Å². The van der Waals surface area contributed by atoms with Crippen molar-refractivity contribution >= 4 is 40.6 Å². The molecule has 0 saturated carbocycles. The normalized spacial score (nSPS) is 10.4. The molecule has 0 fully saturated rings. The molecule has 2 aromatic rings. The van der Waals surface area contributed by atoms with Crippen LogP contribution in [0.15, 0.2) is 41.3 Å². The molecule has 9 heteroatoms. The first kappa shape index (κ1) is 17.2. The highest BCUT2D eigenvalue weighted by Crippen LogP contribution is 2.27. The van der Waals surface area contributed by atoms with Gasteiger partial charge in [0.05, 0.1) is 21.4 Å². The van der Waals surface area contributed by atoms with E-state index in [0.29, 0.717) is 4.90 Å².